The summed E-state index contributed by atoms with van der Waals surface area (Å²) in [6.07, 6.45) is 4.90. The molecule has 0 saturated heterocycles. The van der Waals surface area contributed by atoms with Crippen molar-refractivity contribution in [3.05, 3.63) is 23.5 Å². The van der Waals surface area contributed by atoms with Crippen LogP contribution in [0.1, 0.15) is 38.2 Å². The molecule has 0 aromatic heterocycles. The minimum atomic E-state index is -0.305. The van der Waals surface area contributed by atoms with Crippen molar-refractivity contribution in [1.29, 1.82) is 0 Å². The molecule has 2 rings (SSSR count). The van der Waals surface area contributed by atoms with Gasteiger partial charge in [-0.1, -0.05) is 12.8 Å². The molecule has 1 aromatic rings. The summed E-state index contributed by atoms with van der Waals surface area (Å²) in [5.41, 5.74) is 7.99. The predicted octanol–water partition coefficient (Wildman–Crippen LogP) is 3.24. The zero-order chi connectivity index (χ0) is 14.7. The second kappa shape index (κ2) is 6.44. The molecule has 2 N–H and O–H groups in total. The van der Waals surface area contributed by atoms with E-state index in [0.717, 1.165) is 17.8 Å². The van der Waals surface area contributed by atoms with E-state index in [-0.39, 0.29) is 11.9 Å². The quantitative estimate of drug-likeness (QED) is 0.900. The lowest BCUT2D eigenvalue weighted by atomic mass is 10.1. The van der Waals surface area contributed by atoms with Crippen molar-refractivity contribution >= 4 is 5.69 Å². The number of rotatable bonds is 5. The van der Waals surface area contributed by atoms with Crippen LogP contribution in [0.25, 0.3) is 0 Å². The van der Waals surface area contributed by atoms with E-state index in [1.807, 2.05) is 19.9 Å². The number of methoxy groups -OCH3 is 1. The Labute approximate surface area is 120 Å². The number of nitrogens with two attached hydrogens (primary N) is 1. The van der Waals surface area contributed by atoms with Crippen molar-refractivity contribution in [2.45, 2.75) is 51.6 Å². The van der Waals surface area contributed by atoms with Crippen LogP contribution in [-0.2, 0) is 0 Å². The van der Waals surface area contributed by atoms with Crippen LogP contribution in [-0.4, -0.2) is 25.7 Å². The summed E-state index contributed by atoms with van der Waals surface area (Å²) >= 11 is 0. The standard InChI is InChI=1S/C16H25FN2O/c1-11-8-14(17)16(20-3)9-15(11)19(10-12(2)18)13-6-4-5-7-13/h8-9,12-13H,4-7,10,18H2,1-3H3/t12-/m0/s1. The molecular weight excluding hydrogens is 255 g/mol. The number of ether oxygens (including phenoxy) is 1. The van der Waals surface area contributed by atoms with Gasteiger partial charge in [-0.15, -0.1) is 0 Å². The van der Waals surface area contributed by atoms with Crippen molar-refractivity contribution in [2.75, 3.05) is 18.6 Å². The van der Waals surface area contributed by atoms with Crippen LogP contribution >= 0.6 is 0 Å². The fourth-order valence-electron chi connectivity index (χ4n) is 3.08. The molecule has 0 bridgehead atoms. The Morgan fingerprint density at radius 3 is 2.60 bits per heavy atom. The van der Waals surface area contributed by atoms with E-state index in [1.165, 1.54) is 32.8 Å². The molecule has 112 valence electrons. The number of benzene rings is 1. The molecule has 1 fully saturated rings. The Hall–Kier alpha value is -1.29. The van der Waals surface area contributed by atoms with E-state index in [1.54, 1.807) is 6.07 Å². The van der Waals surface area contributed by atoms with Gasteiger partial charge in [0.15, 0.2) is 11.6 Å². The van der Waals surface area contributed by atoms with Gasteiger partial charge in [0, 0.05) is 30.4 Å². The summed E-state index contributed by atoms with van der Waals surface area (Å²) in [5.74, 6) is -0.000750. The Bertz CT molecular complexity index is 456. The molecule has 0 heterocycles. The van der Waals surface area contributed by atoms with Crippen LogP contribution in [0.3, 0.4) is 0 Å². The maximum absolute atomic E-state index is 13.8. The Morgan fingerprint density at radius 2 is 2.05 bits per heavy atom. The molecule has 0 aliphatic heterocycles. The van der Waals surface area contributed by atoms with E-state index < -0.39 is 0 Å². The van der Waals surface area contributed by atoms with E-state index >= 15 is 0 Å². The van der Waals surface area contributed by atoms with Gasteiger partial charge >= 0.3 is 0 Å². The molecule has 20 heavy (non-hydrogen) atoms. The van der Waals surface area contributed by atoms with Gasteiger partial charge in [-0.25, -0.2) is 4.39 Å². The summed E-state index contributed by atoms with van der Waals surface area (Å²) in [7, 11) is 1.50. The van der Waals surface area contributed by atoms with E-state index in [9.17, 15) is 4.39 Å². The normalized spacial score (nSPS) is 17.2. The first-order valence-electron chi connectivity index (χ1n) is 7.39. The van der Waals surface area contributed by atoms with Crippen molar-refractivity contribution in [2.24, 2.45) is 5.73 Å². The van der Waals surface area contributed by atoms with Crippen molar-refractivity contribution < 1.29 is 9.13 Å². The van der Waals surface area contributed by atoms with Crippen LogP contribution in [0.2, 0.25) is 0 Å². The number of hydrogen-bond donors (Lipinski definition) is 1. The third-order valence-electron chi connectivity index (χ3n) is 4.03. The van der Waals surface area contributed by atoms with Crippen LogP contribution in [0.4, 0.5) is 10.1 Å². The Balaban J connectivity index is 2.36. The van der Waals surface area contributed by atoms with Gasteiger partial charge in [0.1, 0.15) is 0 Å². The topological polar surface area (TPSA) is 38.5 Å². The van der Waals surface area contributed by atoms with E-state index in [4.69, 9.17) is 10.5 Å². The second-order valence-corrected chi connectivity index (χ2v) is 5.84. The number of aryl methyl sites for hydroxylation is 1. The number of nitrogens with zero attached hydrogens (tertiary/aromatic N) is 1. The third kappa shape index (κ3) is 3.23. The third-order valence-corrected chi connectivity index (χ3v) is 4.03. The van der Waals surface area contributed by atoms with Gasteiger partial charge in [0.05, 0.1) is 7.11 Å². The molecule has 1 aliphatic carbocycles. The highest BCUT2D eigenvalue weighted by molar-refractivity contribution is 5.58. The second-order valence-electron chi connectivity index (χ2n) is 5.84. The minimum absolute atomic E-state index is 0.0889. The molecule has 4 heteroatoms. The molecule has 0 amide bonds. The molecule has 0 unspecified atom stereocenters. The van der Waals surface area contributed by atoms with Gasteiger partial charge in [-0.05, 0) is 38.3 Å². The summed E-state index contributed by atoms with van der Waals surface area (Å²) in [6.45, 7) is 4.75. The highest BCUT2D eigenvalue weighted by Crippen LogP contribution is 2.34. The number of hydrogen-bond acceptors (Lipinski definition) is 3. The predicted molar refractivity (Wildman–Crippen MR) is 80.9 cm³/mol. The summed E-state index contributed by atoms with van der Waals surface area (Å²) < 4.78 is 18.9. The molecule has 3 nitrogen and oxygen atoms in total. The highest BCUT2D eigenvalue weighted by atomic mass is 19.1. The van der Waals surface area contributed by atoms with Crippen LogP contribution < -0.4 is 15.4 Å². The molecule has 1 saturated carbocycles. The van der Waals surface area contributed by atoms with Crippen molar-refractivity contribution in [3.63, 3.8) is 0 Å². The van der Waals surface area contributed by atoms with Crippen LogP contribution in [0, 0.1) is 12.7 Å². The molecule has 1 aromatic carbocycles. The first-order valence-corrected chi connectivity index (χ1v) is 7.39. The van der Waals surface area contributed by atoms with Crippen LogP contribution in [0.15, 0.2) is 12.1 Å². The first-order chi connectivity index (χ1) is 9.52. The lowest BCUT2D eigenvalue weighted by Gasteiger charge is -2.34. The largest absolute Gasteiger partial charge is 0.494 e. The first kappa shape index (κ1) is 15.1. The van der Waals surface area contributed by atoms with Crippen LogP contribution in [0.5, 0.6) is 5.75 Å². The van der Waals surface area contributed by atoms with Gasteiger partial charge in [0.25, 0.3) is 0 Å². The Morgan fingerprint density at radius 1 is 1.40 bits per heavy atom. The minimum Gasteiger partial charge on any atom is -0.494 e. The summed E-state index contributed by atoms with van der Waals surface area (Å²) in [6, 6.07) is 3.96. The molecule has 1 aliphatic rings. The number of halogens is 1. The smallest absolute Gasteiger partial charge is 0.165 e. The van der Waals surface area contributed by atoms with E-state index in [0.29, 0.717) is 11.8 Å². The fraction of sp³-hybridized carbons (Fsp3) is 0.625. The van der Waals surface area contributed by atoms with Gasteiger partial charge in [-0.3, -0.25) is 0 Å². The van der Waals surface area contributed by atoms with Crippen molar-refractivity contribution in [1.82, 2.24) is 0 Å². The molecular formula is C16H25FN2O. The Kier molecular flexibility index (Phi) is 4.86. The lowest BCUT2D eigenvalue weighted by Crippen LogP contribution is -2.41. The monoisotopic (exact) mass is 280 g/mol. The van der Waals surface area contributed by atoms with Gasteiger partial charge in [0.2, 0.25) is 0 Å². The number of anilines is 1. The van der Waals surface area contributed by atoms with Gasteiger partial charge < -0.3 is 15.4 Å². The zero-order valence-electron chi connectivity index (χ0n) is 12.7. The SMILES string of the molecule is COc1cc(N(C[C@H](C)N)C2CCCC2)c(C)cc1F. The molecule has 0 spiro atoms. The van der Waals surface area contributed by atoms with E-state index in [2.05, 4.69) is 4.90 Å². The molecule has 1 atom stereocenters. The van der Waals surface area contributed by atoms with Crippen molar-refractivity contribution in [3.8, 4) is 5.75 Å². The average Bonchev–Trinajstić information content (AvgIpc) is 2.90. The zero-order valence-corrected chi connectivity index (χ0v) is 12.7. The maximum Gasteiger partial charge on any atom is 0.165 e. The average molecular weight is 280 g/mol. The molecule has 0 radical (unpaired) electrons. The summed E-state index contributed by atoms with van der Waals surface area (Å²) in [4.78, 5) is 2.34. The van der Waals surface area contributed by atoms with Gasteiger partial charge in [-0.2, -0.15) is 0 Å². The summed E-state index contributed by atoms with van der Waals surface area (Å²) in [5, 5.41) is 0. The maximum atomic E-state index is 13.8. The lowest BCUT2D eigenvalue weighted by molar-refractivity contribution is 0.386. The highest BCUT2D eigenvalue weighted by Gasteiger charge is 2.25. The fourth-order valence-corrected chi connectivity index (χ4v) is 3.08.